The first-order valence-corrected chi connectivity index (χ1v) is 6.98. The SMILES string of the molecule is Cc1cc(NC(=O)c2cnccn2)n(Cc2ccc(F)cc2)n1. The van der Waals surface area contributed by atoms with E-state index in [0.717, 1.165) is 11.3 Å². The second-order valence-electron chi connectivity index (χ2n) is 5.00. The molecule has 0 radical (unpaired) electrons. The molecule has 0 fully saturated rings. The van der Waals surface area contributed by atoms with E-state index in [9.17, 15) is 9.18 Å². The van der Waals surface area contributed by atoms with Crippen LogP contribution in [0.25, 0.3) is 0 Å². The standard InChI is InChI=1S/C16H14FN5O/c1-11-8-15(20-16(23)14-9-18-6-7-19-14)22(21-11)10-12-2-4-13(17)5-3-12/h2-9H,10H2,1H3,(H,20,23). The molecule has 0 unspecified atom stereocenters. The van der Waals surface area contributed by atoms with Crippen LogP contribution in [-0.2, 0) is 6.54 Å². The molecular formula is C16H14FN5O. The lowest BCUT2D eigenvalue weighted by Crippen LogP contribution is -2.17. The zero-order valence-electron chi connectivity index (χ0n) is 12.4. The van der Waals surface area contributed by atoms with Crippen LogP contribution in [0.4, 0.5) is 10.2 Å². The Balaban J connectivity index is 1.80. The number of benzene rings is 1. The van der Waals surface area contributed by atoms with E-state index in [4.69, 9.17) is 0 Å². The van der Waals surface area contributed by atoms with Crippen molar-refractivity contribution in [3.63, 3.8) is 0 Å². The lowest BCUT2D eigenvalue weighted by Gasteiger charge is -2.08. The zero-order valence-corrected chi connectivity index (χ0v) is 12.4. The van der Waals surface area contributed by atoms with Gasteiger partial charge in [-0.1, -0.05) is 12.1 Å². The molecule has 1 amide bonds. The summed E-state index contributed by atoms with van der Waals surface area (Å²) in [5.41, 5.74) is 1.87. The number of nitrogens with one attached hydrogen (secondary N) is 1. The summed E-state index contributed by atoms with van der Waals surface area (Å²) in [7, 11) is 0. The molecule has 0 aliphatic rings. The fraction of sp³-hybridized carbons (Fsp3) is 0.125. The van der Waals surface area contributed by atoms with E-state index in [1.165, 1.54) is 30.7 Å². The van der Waals surface area contributed by atoms with Crippen molar-refractivity contribution >= 4 is 11.7 Å². The first-order chi connectivity index (χ1) is 11.1. The minimum Gasteiger partial charge on any atom is -0.305 e. The maximum atomic E-state index is 13.0. The molecule has 23 heavy (non-hydrogen) atoms. The number of hydrogen-bond acceptors (Lipinski definition) is 4. The van der Waals surface area contributed by atoms with Crippen LogP contribution >= 0.6 is 0 Å². The van der Waals surface area contributed by atoms with Gasteiger partial charge < -0.3 is 5.32 Å². The molecule has 0 spiro atoms. The van der Waals surface area contributed by atoms with Gasteiger partial charge in [-0.15, -0.1) is 0 Å². The number of aromatic nitrogens is 4. The average Bonchev–Trinajstić information content (AvgIpc) is 2.89. The highest BCUT2D eigenvalue weighted by atomic mass is 19.1. The van der Waals surface area contributed by atoms with Gasteiger partial charge in [0.15, 0.2) is 0 Å². The highest BCUT2D eigenvalue weighted by Gasteiger charge is 2.12. The molecule has 6 nitrogen and oxygen atoms in total. The maximum Gasteiger partial charge on any atom is 0.277 e. The molecular weight excluding hydrogens is 297 g/mol. The number of amides is 1. The predicted molar refractivity (Wildman–Crippen MR) is 82.5 cm³/mol. The van der Waals surface area contributed by atoms with Crippen LogP contribution in [0.5, 0.6) is 0 Å². The highest BCUT2D eigenvalue weighted by Crippen LogP contribution is 2.14. The molecule has 0 atom stereocenters. The largest absolute Gasteiger partial charge is 0.305 e. The predicted octanol–water partition coefficient (Wildman–Crippen LogP) is 2.42. The lowest BCUT2D eigenvalue weighted by molar-refractivity contribution is 0.102. The number of hydrogen-bond donors (Lipinski definition) is 1. The Kier molecular flexibility index (Phi) is 4.09. The van der Waals surface area contributed by atoms with E-state index in [0.29, 0.717) is 12.4 Å². The molecule has 0 bridgehead atoms. The molecule has 0 saturated carbocycles. The number of anilines is 1. The molecule has 0 aliphatic heterocycles. The molecule has 116 valence electrons. The van der Waals surface area contributed by atoms with Crippen LogP contribution in [0.2, 0.25) is 0 Å². The lowest BCUT2D eigenvalue weighted by atomic mass is 10.2. The molecule has 7 heteroatoms. The van der Waals surface area contributed by atoms with E-state index in [-0.39, 0.29) is 17.4 Å². The second-order valence-corrected chi connectivity index (χ2v) is 5.00. The van der Waals surface area contributed by atoms with Gasteiger partial charge >= 0.3 is 0 Å². The van der Waals surface area contributed by atoms with E-state index in [1.807, 2.05) is 6.92 Å². The molecule has 2 heterocycles. The highest BCUT2D eigenvalue weighted by molar-refractivity contribution is 6.02. The van der Waals surface area contributed by atoms with Gasteiger partial charge in [-0.3, -0.25) is 9.78 Å². The van der Waals surface area contributed by atoms with Crippen molar-refractivity contribution in [2.24, 2.45) is 0 Å². The summed E-state index contributed by atoms with van der Waals surface area (Å²) in [6.45, 7) is 2.25. The van der Waals surface area contributed by atoms with Gasteiger partial charge in [0.2, 0.25) is 0 Å². The van der Waals surface area contributed by atoms with Crippen molar-refractivity contribution in [1.82, 2.24) is 19.7 Å². The fourth-order valence-electron chi connectivity index (χ4n) is 2.13. The van der Waals surface area contributed by atoms with Gasteiger partial charge in [-0.25, -0.2) is 14.1 Å². The first kappa shape index (κ1) is 14.8. The smallest absolute Gasteiger partial charge is 0.277 e. The van der Waals surface area contributed by atoms with Gasteiger partial charge in [0.25, 0.3) is 5.91 Å². The van der Waals surface area contributed by atoms with Crippen LogP contribution in [0.15, 0.2) is 48.9 Å². The van der Waals surface area contributed by atoms with E-state index < -0.39 is 0 Å². The number of halogens is 1. The van der Waals surface area contributed by atoms with E-state index in [1.54, 1.807) is 22.9 Å². The summed E-state index contributed by atoms with van der Waals surface area (Å²) in [5.74, 6) is -0.109. The van der Waals surface area contributed by atoms with Gasteiger partial charge in [0, 0.05) is 18.5 Å². The van der Waals surface area contributed by atoms with Gasteiger partial charge in [0.1, 0.15) is 17.3 Å². The monoisotopic (exact) mass is 311 g/mol. The number of nitrogens with zero attached hydrogens (tertiary/aromatic N) is 4. The van der Waals surface area contributed by atoms with Crippen molar-refractivity contribution in [2.45, 2.75) is 13.5 Å². The van der Waals surface area contributed by atoms with Gasteiger partial charge in [-0.05, 0) is 24.6 Å². The minimum atomic E-state index is -0.363. The van der Waals surface area contributed by atoms with Crippen LogP contribution in [0.1, 0.15) is 21.7 Å². The van der Waals surface area contributed by atoms with Gasteiger partial charge in [0.05, 0.1) is 18.4 Å². The third kappa shape index (κ3) is 3.57. The number of rotatable bonds is 4. The van der Waals surface area contributed by atoms with Crippen LogP contribution in [0, 0.1) is 12.7 Å². The molecule has 0 aliphatic carbocycles. The van der Waals surface area contributed by atoms with Crippen molar-refractivity contribution in [1.29, 1.82) is 0 Å². The fourth-order valence-corrected chi connectivity index (χ4v) is 2.13. The summed E-state index contributed by atoms with van der Waals surface area (Å²) >= 11 is 0. The first-order valence-electron chi connectivity index (χ1n) is 6.98. The molecule has 0 saturated heterocycles. The number of carbonyl (C=O) groups is 1. The zero-order chi connectivity index (χ0) is 16.2. The quantitative estimate of drug-likeness (QED) is 0.803. The van der Waals surface area contributed by atoms with E-state index >= 15 is 0 Å². The Labute approximate surface area is 132 Å². The summed E-state index contributed by atoms with van der Waals surface area (Å²) in [6, 6.07) is 7.91. The number of carbonyl (C=O) groups excluding carboxylic acids is 1. The Morgan fingerprint density at radius 1 is 1.26 bits per heavy atom. The maximum absolute atomic E-state index is 13.0. The normalized spacial score (nSPS) is 10.5. The molecule has 3 rings (SSSR count). The van der Waals surface area contributed by atoms with Crippen LogP contribution in [0.3, 0.4) is 0 Å². The molecule has 2 aromatic heterocycles. The van der Waals surface area contributed by atoms with E-state index in [2.05, 4.69) is 20.4 Å². The molecule has 1 N–H and O–H groups in total. The summed E-state index contributed by atoms with van der Waals surface area (Å²) in [5, 5.41) is 7.11. The average molecular weight is 311 g/mol. The van der Waals surface area contributed by atoms with Crippen LogP contribution < -0.4 is 5.32 Å². The van der Waals surface area contributed by atoms with Crippen molar-refractivity contribution in [3.8, 4) is 0 Å². The number of aryl methyl sites for hydroxylation is 1. The van der Waals surface area contributed by atoms with Crippen molar-refractivity contribution in [2.75, 3.05) is 5.32 Å². The Bertz CT molecular complexity index is 814. The summed E-state index contributed by atoms with van der Waals surface area (Å²) in [6.07, 6.45) is 4.35. The second kappa shape index (κ2) is 6.35. The van der Waals surface area contributed by atoms with Gasteiger partial charge in [-0.2, -0.15) is 5.10 Å². The minimum absolute atomic E-state index is 0.222. The molecule has 1 aromatic carbocycles. The Hall–Kier alpha value is -3.09. The third-order valence-corrected chi connectivity index (χ3v) is 3.19. The Morgan fingerprint density at radius 3 is 2.74 bits per heavy atom. The van der Waals surface area contributed by atoms with Crippen LogP contribution in [-0.4, -0.2) is 25.7 Å². The Morgan fingerprint density at radius 2 is 2.04 bits per heavy atom. The van der Waals surface area contributed by atoms with Crippen molar-refractivity contribution in [3.05, 3.63) is 71.7 Å². The summed E-state index contributed by atoms with van der Waals surface area (Å²) < 4.78 is 14.6. The van der Waals surface area contributed by atoms with Crippen molar-refractivity contribution < 1.29 is 9.18 Å². The summed E-state index contributed by atoms with van der Waals surface area (Å²) in [4.78, 5) is 20.0. The molecule has 3 aromatic rings. The topological polar surface area (TPSA) is 72.7 Å². The third-order valence-electron chi connectivity index (χ3n) is 3.19.